The molecule has 0 aliphatic carbocycles. The van der Waals surface area contributed by atoms with E-state index in [9.17, 15) is 9.59 Å². The number of hydrogen-bond acceptors (Lipinski definition) is 5. The van der Waals surface area contributed by atoms with Gasteiger partial charge in [0.05, 0.1) is 0 Å². The van der Waals surface area contributed by atoms with E-state index in [-0.39, 0.29) is 17.4 Å². The Balaban J connectivity index is 1.20. The summed E-state index contributed by atoms with van der Waals surface area (Å²) in [5.74, 6) is 0.241. The summed E-state index contributed by atoms with van der Waals surface area (Å²) in [6.07, 6.45) is 4.05. The van der Waals surface area contributed by atoms with Crippen LogP contribution < -0.4 is 10.2 Å². The van der Waals surface area contributed by atoms with Gasteiger partial charge in [-0.3, -0.25) is 9.59 Å². The molecule has 1 N–H and O–H groups in total. The van der Waals surface area contributed by atoms with Gasteiger partial charge in [-0.05, 0) is 43.4 Å². The van der Waals surface area contributed by atoms with Gasteiger partial charge < -0.3 is 19.5 Å². The van der Waals surface area contributed by atoms with Crippen molar-refractivity contribution in [3.63, 3.8) is 0 Å². The summed E-state index contributed by atoms with van der Waals surface area (Å²) < 4.78 is 5.92. The maximum absolute atomic E-state index is 13.1. The summed E-state index contributed by atoms with van der Waals surface area (Å²) in [6, 6.07) is 18.6. The fourth-order valence-corrected chi connectivity index (χ4v) is 5.03. The zero-order chi connectivity index (χ0) is 22.7. The lowest BCUT2D eigenvalue weighted by atomic mass is 9.85. The summed E-state index contributed by atoms with van der Waals surface area (Å²) >= 11 is 0. The zero-order valence-corrected chi connectivity index (χ0v) is 18.8. The van der Waals surface area contributed by atoms with Crippen LogP contribution in [0.5, 0.6) is 0 Å². The molecule has 1 aromatic heterocycles. The van der Waals surface area contributed by atoms with Gasteiger partial charge in [-0.15, -0.1) is 0 Å². The predicted octanol–water partition coefficient (Wildman–Crippen LogP) is 3.54. The van der Waals surface area contributed by atoms with Crippen LogP contribution in [0.3, 0.4) is 0 Å². The third-order valence-electron chi connectivity index (χ3n) is 6.84. The normalized spacial score (nSPS) is 21.3. The Bertz CT molecular complexity index is 1100. The van der Waals surface area contributed by atoms with E-state index in [1.165, 1.54) is 5.56 Å². The Morgan fingerprint density at radius 2 is 1.85 bits per heavy atom. The second kappa shape index (κ2) is 9.25. The van der Waals surface area contributed by atoms with Crippen molar-refractivity contribution >= 4 is 28.9 Å². The van der Waals surface area contributed by atoms with Crippen LogP contribution >= 0.6 is 0 Å². The van der Waals surface area contributed by atoms with Crippen molar-refractivity contribution in [2.75, 3.05) is 31.1 Å². The molecule has 2 aromatic carbocycles. The van der Waals surface area contributed by atoms with Crippen molar-refractivity contribution < 1.29 is 14.0 Å². The fourth-order valence-electron chi connectivity index (χ4n) is 5.03. The number of benzene rings is 2. The molecule has 2 aliphatic heterocycles. The van der Waals surface area contributed by atoms with E-state index in [2.05, 4.69) is 27.3 Å². The highest BCUT2D eigenvalue weighted by Gasteiger charge is 2.38. The molecular formula is C26H30N4O3. The molecule has 0 radical (unpaired) electrons. The van der Waals surface area contributed by atoms with Crippen molar-refractivity contribution in [3.05, 3.63) is 60.2 Å². The molecule has 2 saturated heterocycles. The number of nitrogens with zero attached hydrogens (tertiary/aromatic N) is 3. The van der Waals surface area contributed by atoms with Crippen molar-refractivity contribution in [1.82, 2.24) is 15.2 Å². The Labute approximate surface area is 193 Å². The van der Waals surface area contributed by atoms with Crippen LogP contribution in [-0.2, 0) is 16.0 Å². The van der Waals surface area contributed by atoms with Gasteiger partial charge in [0.1, 0.15) is 5.52 Å². The van der Waals surface area contributed by atoms with E-state index >= 15 is 0 Å². The number of anilines is 1. The maximum atomic E-state index is 13.1. The second-order valence-corrected chi connectivity index (χ2v) is 9.18. The minimum atomic E-state index is -0.329. The predicted molar refractivity (Wildman–Crippen MR) is 127 cm³/mol. The average Bonchev–Trinajstić information content (AvgIpc) is 3.33. The number of hydrogen-bond donors (Lipinski definition) is 1. The van der Waals surface area contributed by atoms with Crippen molar-refractivity contribution in [2.24, 2.45) is 0 Å². The third-order valence-corrected chi connectivity index (χ3v) is 6.84. The van der Waals surface area contributed by atoms with Crippen LogP contribution in [0.25, 0.3) is 11.1 Å². The van der Waals surface area contributed by atoms with Crippen LogP contribution in [0.1, 0.15) is 37.7 Å². The molecular weight excluding hydrogens is 416 g/mol. The molecule has 2 fully saturated rings. The molecule has 3 heterocycles. The van der Waals surface area contributed by atoms with Gasteiger partial charge in [0, 0.05) is 44.6 Å². The largest absolute Gasteiger partial charge is 0.423 e. The fraction of sp³-hybridized carbons (Fsp3) is 0.423. The van der Waals surface area contributed by atoms with Crippen LogP contribution in [0.2, 0.25) is 0 Å². The third kappa shape index (κ3) is 4.87. The molecule has 0 saturated carbocycles. The number of aromatic nitrogens is 1. The zero-order valence-electron chi connectivity index (χ0n) is 18.8. The van der Waals surface area contributed by atoms with E-state index in [1.807, 2.05) is 47.4 Å². The number of amides is 2. The summed E-state index contributed by atoms with van der Waals surface area (Å²) in [7, 11) is 0. The molecule has 2 aliphatic rings. The molecule has 5 rings (SSSR count). The molecule has 33 heavy (non-hydrogen) atoms. The summed E-state index contributed by atoms with van der Waals surface area (Å²) in [6.45, 7) is 2.89. The van der Waals surface area contributed by atoms with Crippen LogP contribution in [0.4, 0.5) is 6.01 Å². The summed E-state index contributed by atoms with van der Waals surface area (Å²) in [5.41, 5.74) is 2.50. The number of rotatable bonds is 6. The highest BCUT2D eigenvalue weighted by Crippen LogP contribution is 2.30. The number of carbonyl (C=O) groups excluding carboxylic acids is 2. The van der Waals surface area contributed by atoms with Crippen molar-refractivity contribution in [3.8, 4) is 0 Å². The van der Waals surface area contributed by atoms with Gasteiger partial charge in [0.15, 0.2) is 5.58 Å². The van der Waals surface area contributed by atoms with Gasteiger partial charge >= 0.3 is 0 Å². The van der Waals surface area contributed by atoms with Gasteiger partial charge in [-0.25, -0.2) is 0 Å². The van der Waals surface area contributed by atoms with Crippen molar-refractivity contribution in [1.29, 1.82) is 0 Å². The average molecular weight is 447 g/mol. The van der Waals surface area contributed by atoms with Crippen LogP contribution in [0.15, 0.2) is 59.0 Å². The van der Waals surface area contributed by atoms with E-state index < -0.39 is 0 Å². The first-order valence-electron chi connectivity index (χ1n) is 11.8. The molecule has 2 amide bonds. The molecule has 172 valence electrons. The second-order valence-electron chi connectivity index (χ2n) is 9.18. The number of carbonyl (C=O) groups is 2. The minimum absolute atomic E-state index is 0.0853. The van der Waals surface area contributed by atoms with E-state index in [0.29, 0.717) is 38.4 Å². The van der Waals surface area contributed by atoms with E-state index in [0.717, 1.165) is 43.5 Å². The lowest BCUT2D eigenvalue weighted by Crippen LogP contribution is -2.45. The van der Waals surface area contributed by atoms with Crippen LogP contribution in [0, 0.1) is 0 Å². The Kier molecular flexibility index (Phi) is 6.03. The van der Waals surface area contributed by atoms with Gasteiger partial charge in [-0.1, -0.05) is 42.5 Å². The molecule has 7 heteroatoms. The standard InChI is InChI=1S/C26H30N4O3/c31-23-11-13-26(28-23,19-20-7-2-1-3-8-20)14-12-24(32)29-15-6-16-30(18-17-29)25-27-21-9-4-5-10-22(21)33-25/h1-5,7-10H,6,11-19H2,(H,28,31)/t26-/m1/s1. The lowest BCUT2D eigenvalue weighted by molar-refractivity contribution is -0.131. The Morgan fingerprint density at radius 1 is 1.03 bits per heavy atom. The molecule has 1 atom stereocenters. The lowest BCUT2D eigenvalue weighted by Gasteiger charge is -2.30. The summed E-state index contributed by atoms with van der Waals surface area (Å²) in [4.78, 5) is 33.9. The Morgan fingerprint density at radius 3 is 2.64 bits per heavy atom. The highest BCUT2D eigenvalue weighted by molar-refractivity contribution is 5.80. The monoisotopic (exact) mass is 446 g/mol. The first-order valence-corrected chi connectivity index (χ1v) is 11.8. The highest BCUT2D eigenvalue weighted by atomic mass is 16.4. The van der Waals surface area contributed by atoms with E-state index in [1.54, 1.807) is 0 Å². The van der Waals surface area contributed by atoms with Crippen molar-refractivity contribution in [2.45, 2.75) is 44.1 Å². The van der Waals surface area contributed by atoms with Gasteiger partial charge in [0.25, 0.3) is 6.01 Å². The van der Waals surface area contributed by atoms with E-state index in [4.69, 9.17) is 4.42 Å². The topological polar surface area (TPSA) is 78.7 Å². The number of oxazole rings is 1. The quantitative estimate of drug-likeness (QED) is 0.627. The molecule has 7 nitrogen and oxygen atoms in total. The molecule has 0 spiro atoms. The van der Waals surface area contributed by atoms with Gasteiger partial charge in [-0.2, -0.15) is 4.98 Å². The smallest absolute Gasteiger partial charge is 0.298 e. The molecule has 0 unspecified atom stereocenters. The summed E-state index contributed by atoms with van der Waals surface area (Å²) in [5, 5.41) is 3.19. The molecule has 3 aromatic rings. The first kappa shape index (κ1) is 21.5. The SMILES string of the molecule is O=C1CC[C@@](CCC(=O)N2CCCN(c3nc4ccccc4o3)CC2)(Cc2ccccc2)N1. The van der Waals surface area contributed by atoms with Gasteiger partial charge in [0.2, 0.25) is 11.8 Å². The maximum Gasteiger partial charge on any atom is 0.298 e. The number of para-hydroxylation sites is 2. The molecule has 0 bridgehead atoms. The number of fused-ring (bicyclic) bond motifs is 1. The Hall–Kier alpha value is -3.35. The number of nitrogens with one attached hydrogen (secondary N) is 1. The van der Waals surface area contributed by atoms with Crippen LogP contribution in [-0.4, -0.2) is 53.4 Å². The minimum Gasteiger partial charge on any atom is -0.423 e. The first-order chi connectivity index (χ1) is 16.1.